The molecule has 0 atom stereocenters. The first-order chi connectivity index (χ1) is 5.65. The fourth-order valence-corrected chi connectivity index (χ4v) is 1.66. The topological polar surface area (TPSA) is 22.1 Å². The van der Waals surface area contributed by atoms with Crippen LogP contribution in [0.3, 0.4) is 0 Å². The Morgan fingerprint density at radius 1 is 1.50 bits per heavy atom. The van der Waals surface area contributed by atoms with Crippen LogP contribution in [0.5, 0.6) is 5.88 Å². The number of halogens is 1. The molecule has 3 heteroatoms. The second-order valence-corrected chi connectivity index (χ2v) is 3.76. The lowest BCUT2D eigenvalue weighted by molar-refractivity contribution is 0.397. The van der Waals surface area contributed by atoms with Crippen LogP contribution < -0.4 is 4.74 Å². The lowest BCUT2D eigenvalue weighted by atomic mass is 10.1. The smallest absolute Gasteiger partial charge is 0.213 e. The van der Waals surface area contributed by atoms with Crippen LogP contribution >= 0.6 is 15.9 Å². The molecule has 0 aliphatic heterocycles. The molecule has 0 aliphatic carbocycles. The molecular formula is C9H12BrNO. The summed E-state index contributed by atoms with van der Waals surface area (Å²) in [7, 11) is 1.63. The number of ether oxygens (including phenoxy) is 1. The Morgan fingerprint density at radius 2 is 2.17 bits per heavy atom. The van der Waals surface area contributed by atoms with Gasteiger partial charge in [-0.1, -0.05) is 13.8 Å². The summed E-state index contributed by atoms with van der Waals surface area (Å²) >= 11 is 3.44. The summed E-state index contributed by atoms with van der Waals surface area (Å²) in [5, 5.41) is 0. The van der Waals surface area contributed by atoms with Crippen molar-refractivity contribution < 1.29 is 4.74 Å². The van der Waals surface area contributed by atoms with Crippen LogP contribution in [-0.4, -0.2) is 12.1 Å². The maximum absolute atomic E-state index is 5.03. The van der Waals surface area contributed by atoms with E-state index >= 15 is 0 Å². The van der Waals surface area contributed by atoms with Crippen LogP contribution in [0.15, 0.2) is 16.7 Å². The molecule has 0 aromatic carbocycles. The van der Waals surface area contributed by atoms with Crippen molar-refractivity contribution in [3.63, 3.8) is 0 Å². The van der Waals surface area contributed by atoms with E-state index in [1.807, 2.05) is 6.07 Å². The van der Waals surface area contributed by atoms with Gasteiger partial charge in [0.05, 0.1) is 7.11 Å². The summed E-state index contributed by atoms with van der Waals surface area (Å²) in [6.07, 6.45) is 1.77. The standard InChI is InChI=1S/C9H12BrNO/c1-6(2)7-4-9(12-3)11-5-8(7)10/h4-6H,1-3H3. The maximum Gasteiger partial charge on any atom is 0.213 e. The predicted octanol–water partition coefficient (Wildman–Crippen LogP) is 2.98. The monoisotopic (exact) mass is 229 g/mol. The molecule has 0 amide bonds. The van der Waals surface area contributed by atoms with Gasteiger partial charge in [-0.3, -0.25) is 0 Å². The van der Waals surface area contributed by atoms with E-state index in [-0.39, 0.29) is 0 Å². The largest absolute Gasteiger partial charge is 0.481 e. The zero-order valence-electron chi connectivity index (χ0n) is 7.47. The molecule has 0 saturated heterocycles. The quantitative estimate of drug-likeness (QED) is 0.779. The van der Waals surface area contributed by atoms with Crippen LogP contribution in [0.25, 0.3) is 0 Å². The molecule has 0 radical (unpaired) electrons. The van der Waals surface area contributed by atoms with E-state index in [0.29, 0.717) is 11.8 Å². The molecule has 0 fully saturated rings. The van der Waals surface area contributed by atoms with Gasteiger partial charge >= 0.3 is 0 Å². The number of methoxy groups -OCH3 is 1. The van der Waals surface area contributed by atoms with Gasteiger partial charge < -0.3 is 4.74 Å². The van der Waals surface area contributed by atoms with Crippen LogP contribution in [0.1, 0.15) is 25.3 Å². The molecule has 1 rings (SSSR count). The van der Waals surface area contributed by atoms with E-state index in [1.165, 1.54) is 5.56 Å². The first-order valence-corrected chi connectivity index (χ1v) is 4.64. The number of pyridine rings is 1. The summed E-state index contributed by atoms with van der Waals surface area (Å²) < 4.78 is 6.07. The van der Waals surface area contributed by atoms with Gasteiger partial charge in [0.1, 0.15) is 0 Å². The van der Waals surface area contributed by atoms with Gasteiger partial charge in [-0.25, -0.2) is 4.98 Å². The number of rotatable bonds is 2. The molecule has 1 heterocycles. The van der Waals surface area contributed by atoms with Crippen LogP contribution in [0.4, 0.5) is 0 Å². The molecule has 0 aliphatic rings. The highest BCUT2D eigenvalue weighted by Gasteiger charge is 2.06. The first kappa shape index (κ1) is 9.52. The van der Waals surface area contributed by atoms with Crippen LogP contribution in [0.2, 0.25) is 0 Å². The summed E-state index contributed by atoms with van der Waals surface area (Å²) in [5.41, 5.74) is 1.22. The Bertz CT molecular complexity index is 273. The van der Waals surface area contributed by atoms with Crippen molar-refractivity contribution in [3.05, 3.63) is 22.3 Å². The second kappa shape index (κ2) is 3.90. The van der Waals surface area contributed by atoms with Gasteiger partial charge in [-0.15, -0.1) is 0 Å². The molecule has 0 unspecified atom stereocenters. The number of nitrogens with zero attached hydrogens (tertiary/aromatic N) is 1. The molecule has 0 spiro atoms. The minimum Gasteiger partial charge on any atom is -0.481 e. The summed E-state index contributed by atoms with van der Waals surface area (Å²) in [4.78, 5) is 4.07. The minimum atomic E-state index is 0.483. The van der Waals surface area contributed by atoms with Crippen molar-refractivity contribution in [2.24, 2.45) is 0 Å². The van der Waals surface area contributed by atoms with Crippen molar-refractivity contribution in [3.8, 4) is 5.88 Å². The Morgan fingerprint density at radius 3 is 2.67 bits per heavy atom. The van der Waals surface area contributed by atoms with Crippen molar-refractivity contribution in [2.75, 3.05) is 7.11 Å². The zero-order valence-corrected chi connectivity index (χ0v) is 9.05. The van der Waals surface area contributed by atoms with E-state index in [9.17, 15) is 0 Å². The molecule has 0 saturated carbocycles. The van der Waals surface area contributed by atoms with Gasteiger partial charge in [0.2, 0.25) is 5.88 Å². The van der Waals surface area contributed by atoms with Gasteiger partial charge in [0.15, 0.2) is 0 Å². The highest BCUT2D eigenvalue weighted by atomic mass is 79.9. The highest BCUT2D eigenvalue weighted by Crippen LogP contribution is 2.26. The average molecular weight is 230 g/mol. The molecule has 0 N–H and O–H groups in total. The Kier molecular flexibility index (Phi) is 3.09. The minimum absolute atomic E-state index is 0.483. The van der Waals surface area contributed by atoms with E-state index in [2.05, 4.69) is 34.8 Å². The molecule has 66 valence electrons. The molecule has 2 nitrogen and oxygen atoms in total. The van der Waals surface area contributed by atoms with Crippen LogP contribution in [-0.2, 0) is 0 Å². The highest BCUT2D eigenvalue weighted by molar-refractivity contribution is 9.10. The molecule has 1 aromatic heterocycles. The summed E-state index contributed by atoms with van der Waals surface area (Å²) in [5.74, 6) is 1.15. The van der Waals surface area contributed by atoms with Crippen molar-refractivity contribution in [1.29, 1.82) is 0 Å². The van der Waals surface area contributed by atoms with E-state index in [0.717, 1.165) is 4.47 Å². The van der Waals surface area contributed by atoms with E-state index < -0.39 is 0 Å². The summed E-state index contributed by atoms with van der Waals surface area (Å²) in [6, 6.07) is 1.95. The van der Waals surface area contributed by atoms with Crippen molar-refractivity contribution in [2.45, 2.75) is 19.8 Å². The number of hydrogen-bond acceptors (Lipinski definition) is 2. The SMILES string of the molecule is COc1cc(C(C)C)c(Br)cn1. The van der Waals surface area contributed by atoms with Crippen molar-refractivity contribution >= 4 is 15.9 Å². The first-order valence-electron chi connectivity index (χ1n) is 3.84. The third-order valence-corrected chi connectivity index (χ3v) is 2.35. The normalized spacial score (nSPS) is 10.4. The number of aromatic nitrogens is 1. The molecular weight excluding hydrogens is 218 g/mol. The maximum atomic E-state index is 5.03. The summed E-state index contributed by atoms with van der Waals surface area (Å²) in [6.45, 7) is 4.28. The number of hydrogen-bond donors (Lipinski definition) is 0. The third-order valence-electron chi connectivity index (χ3n) is 1.69. The van der Waals surface area contributed by atoms with Gasteiger partial charge in [0, 0.05) is 16.7 Å². The Balaban J connectivity index is 3.08. The van der Waals surface area contributed by atoms with Gasteiger partial charge in [-0.2, -0.15) is 0 Å². The lowest BCUT2D eigenvalue weighted by Gasteiger charge is -2.08. The average Bonchev–Trinajstić information content (AvgIpc) is 2.05. The molecule has 12 heavy (non-hydrogen) atoms. The fourth-order valence-electron chi connectivity index (χ4n) is 0.988. The van der Waals surface area contributed by atoms with Crippen molar-refractivity contribution in [1.82, 2.24) is 4.98 Å². The third kappa shape index (κ3) is 1.97. The Labute approximate surface area is 81.1 Å². The van der Waals surface area contributed by atoms with E-state index in [4.69, 9.17) is 4.74 Å². The lowest BCUT2D eigenvalue weighted by Crippen LogP contribution is -1.93. The predicted molar refractivity (Wildman–Crippen MR) is 52.6 cm³/mol. The fraction of sp³-hybridized carbons (Fsp3) is 0.444. The van der Waals surface area contributed by atoms with Gasteiger partial charge in [0.25, 0.3) is 0 Å². The van der Waals surface area contributed by atoms with Gasteiger partial charge in [-0.05, 0) is 27.4 Å². The zero-order chi connectivity index (χ0) is 9.14. The Hall–Kier alpha value is -0.570. The second-order valence-electron chi connectivity index (χ2n) is 2.90. The molecule has 0 bridgehead atoms. The van der Waals surface area contributed by atoms with E-state index in [1.54, 1.807) is 13.3 Å². The van der Waals surface area contributed by atoms with Crippen LogP contribution in [0, 0.1) is 0 Å². The molecule has 1 aromatic rings.